The lowest BCUT2D eigenvalue weighted by Gasteiger charge is -2.56. The Morgan fingerprint density at radius 2 is 2.29 bits per heavy atom. The smallest absolute Gasteiger partial charge is 0.0177 e. The normalized spacial score (nSPS) is 38.3. The maximum atomic E-state index is 3.87. The van der Waals surface area contributed by atoms with Gasteiger partial charge in [-0.3, -0.25) is 0 Å². The average Bonchev–Trinajstić information content (AvgIpc) is 2.17. The minimum Gasteiger partial charge on any atom is -0.0879 e. The van der Waals surface area contributed by atoms with E-state index in [1.807, 2.05) is 6.08 Å². The zero-order chi connectivity index (χ0) is 10.0. The number of fused-ring (bicyclic) bond motifs is 2. The summed E-state index contributed by atoms with van der Waals surface area (Å²) >= 11 is 0. The summed E-state index contributed by atoms with van der Waals surface area (Å²) in [6, 6.07) is 0. The molecule has 3 saturated carbocycles. The number of hydrogen-bond acceptors (Lipinski definition) is 0. The molecule has 0 nitrogen and oxygen atoms in total. The van der Waals surface area contributed by atoms with Crippen molar-refractivity contribution in [3.05, 3.63) is 19.1 Å². The molecule has 0 saturated heterocycles. The lowest BCUT2D eigenvalue weighted by molar-refractivity contribution is -0.0436. The van der Waals surface area contributed by atoms with Crippen molar-refractivity contribution in [1.82, 2.24) is 0 Å². The Labute approximate surface area is 88.8 Å². The molecule has 3 fully saturated rings. The van der Waals surface area contributed by atoms with Crippen LogP contribution in [0.4, 0.5) is 0 Å². The van der Waals surface area contributed by atoms with E-state index in [-0.39, 0.29) is 0 Å². The summed E-state index contributed by atoms with van der Waals surface area (Å²) in [5.74, 6) is 1.92. The minimum atomic E-state index is 0.715. The summed E-state index contributed by atoms with van der Waals surface area (Å²) in [5.41, 5.74) is 0.715. The molecule has 0 spiro atoms. The van der Waals surface area contributed by atoms with Gasteiger partial charge in [0.2, 0.25) is 0 Å². The Morgan fingerprint density at radius 1 is 1.50 bits per heavy atom. The molecule has 0 aromatic heterocycles. The fourth-order valence-electron chi connectivity index (χ4n) is 3.81. The summed E-state index contributed by atoms with van der Waals surface area (Å²) in [4.78, 5) is 0. The number of hydrogen-bond donors (Lipinski definition) is 0. The molecule has 0 N–H and O–H groups in total. The van der Waals surface area contributed by atoms with Gasteiger partial charge in [-0.15, -0.1) is 0 Å². The third kappa shape index (κ3) is 1.64. The van der Waals surface area contributed by atoms with Gasteiger partial charge in [0, 0.05) is 0 Å². The largest absolute Gasteiger partial charge is 0.0879 e. The maximum absolute atomic E-state index is 3.87. The Kier molecular flexibility index (Phi) is 2.99. The molecule has 1 unspecified atom stereocenters. The van der Waals surface area contributed by atoms with Gasteiger partial charge in [0.1, 0.15) is 0 Å². The highest BCUT2D eigenvalue weighted by atomic mass is 14.5. The van der Waals surface area contributed by atoms with Gasteiger partial charge in [0.15, 0.2) is 0 Å². The first-order chi connectivity index (χ1) is 6.80. The molecule has 3 aliphatic rings. The summed E-state index contributed by atoms with van der Waals surface area (Å²) in [5, 5.41) is 0. The van der Waals surface area contributed by atoms with E-state index in [0.717, 1.165) is 11.8 Å². The van der Waals surface area contributed by atoms with Crippen LogP contribution < -0.4 is 0 Å². The van der Waals surface area contributed by atoms with Crippen molar-refractivity contribution in [2.45, 2.75) is 51.9 Å². The molecule has 0 aromatic carbocycles. The second kappa shape index (κ2) is 4.08. The molecule has 0 heterocycles. The predicted molar refractivity (Wildman–Crippen MR) is 61.9 cm³/mol. The predicted octanol–water partition coefficient (Wildman–Crippen LogP) is 4.37. The van der Waals surface area contributed by atoms with Crippen molar-refractivity contribution in [2.24, 2.45) is 17.3 Å². The highest BCUT2D eigenvalue weighted by Crippen LogP contribution is 2.60. The van der Waals surface area contributed by atoms with E-state index >= 15 is 0 Å². The van der Waals surface area contributed by atoms with E-state index in [1.165, 1.54) is 44.9 Å². The fraction of sp³-hybridized carbons (Fsp3) is 0.786. The molecule has 0 aromatic rings. The van der Waals surface area contributed by atoms with Crippen LogP contribution in [0.3, 0.4) is 0 Å². The third-order valence-corrected chi connectivity index (χ3v) is 4.43. The van der Waals surface area contributed by atoms with Gasteiger partial charge in [-0.2, -0.15) is 0 Å². The van der Waals surface area contributed by atoms with Gasteiger partial charge in [-0.05, 0) is 49.9 Å². The van der Waals surface area contributed by atoms with Gasteiger partial charge < -0.3 is 0 Å². The molecule has 2 bridgehead atoms. The van der Waals surface area contributed by atoms with E-state index in [0.29, 0.717) is 5.41 Å². The van der Waals surface area contributed by atoms with Crippen LogP contribution in [0.2, 0.25) is 0 Å². The molecule has 14 heavy (non-hydrogen) atoms. The van der Waals surface area contributed by atoms with E-state index < -0.39 is 0 Å². The van der Waals surface area contributed by atoms with Crippen LogP contribution in [0.1, 0.15) is 51.9 Å². The van der Waals surface area contributed by atoms with Crippen LogP contribution >= 0.6 is 0 Å². The average molecular weight is 191 g/mol. The lowest BCUT2D eigenvalue weighted by Crippen LogP contribution is -2.46. The first kappa shape index (κ1) is 10.3. The first-order valence-electron chi connectivity index (χ1n) is 6.26. The van der Waals surface area contributed by atoms with E-state index in [2.05, 4.69) is 19.9 Å². The second-order valence-corrected chi connectivity index (χ2v) is 5.35. The highest BCUT2D eigenvalue weighted by molar-refractivity contribution is 5.07. The Bertz CT molecular complexity index is 203. The Balaban J connectivity index is 2.02. The number of rotatable bonds is 4. The van der Waals surface area contributed by atoms with Gasteiger partial charge in [-0.25, -0.2) is 0 Å². The molecular weight excluding hydrogens is 168 g/mol. The zero-order valence-corrected chi connectivity index (χ0v) is 9.47. The quantitative estimate of drug-likeness (QED) is 0.619. The van der Waals surface area contributed by atoms with Crippen LogP contribution in [0, 0.1) is 24.2 Å². The van der Waals surface area contributed by atoms with Crippen LogP contribution in [0.5, 0.6) is 0 Å². The zero-order valence-electron chi connectivity index (χ0n) is 9.47. The van der Waals surface area contributed by atoms with Crippen molar-refractivity contribution in [3.63, 3.8) is 0 Å². The highest BCUT2D eigenvalue weighted by Gasteiger charge is 2.50. The van der Waals surface area contributed by atoms with Crippen molar-refractivity contribution < 1.29 is 0 Å². The molecule has 79 valence electrons. The topological polar surface area (TPSA) is 0 Å². The molecule has 0 aliphatic heterocycles. The summed E-state index contributed by atoms with van der Waals surface area (Å²) in [6.45, 7) is 6.18. The van der Waals surface area contributed by atoms with E-state index in [9.17, 15) is 0 Å². The molecule has 0 heteroatoms. The van der Waals surface area contributed by atoms with Gasteiger partial charge in [0.05, 0.1) is 0 Å². The van der Waals surface area contributed by atoms with Crippen LogP contribution in [-0.4, -0.2) is 0 Å². The molecular formula is C14H23. The lowest BCUT2D eigenvalue weighted by atomic mass is 9.49. The van der Waals surface area contributed by atoms with Crippen LogP contribution in [0.15, 0.2) is 12.2 Å². The van der Waals surface area contributed by atoms with Crippen molar-refractivity contribution >= 4 is 0 Å². The SMILES string of the molecule is [CH2]C=CC(CCC)C12CCCC(C1)C2. The monoisotopic (exact) mass is 191 g/mol. The van der Waals surface area contributed by atoms with Gasteiger partial charge in [0.25, 0.3) is 0 Å². The molecule has 3 aliphatic carbocycles. The molecule has 1 radical (unpaired) electrons. The standard InChI is InChI=1S/C14H23/c1-3-6-13(7-4-2)14-9-5-8-12(10-14)11-14/h3,6,12-13H,1,4-5,7-11H2,2H3. The summed E-state index contributed by atoms with van der Waals surface area (Å²) in [6.07, 6.45) is 14.6. The maximum Gasteiger partial charge on any atom is -0.0177 e. The molecule has 1 atom stereocenters. The first-order valence-corrected chi connectivity index (χ1v) is 6.26. The number of allylic oxidation sites excluding steroid dienone is 2. The fourth-order valence-corrected chi connectivity index (χ4v) is 3.81. The molecule has 3 rings (SSSR count). The summed E-state index contributed by atoms with van der Waals surface area (Å²) in [7, 11) is 0. The molecule has 0 amide bonds. The summed E-state index contributed by atoms with van der Waals surface area (Å²) < 4.78 is 0. The van der Waals surface area contributed by atoms with Crippen molar-refractivity contribution in [3.8, 4) is 0 Å². The third-order valence-electron chi connectivity index (χ3n) is 4.43. The Hall–Kier alpha value is -0.260. The van der Waals surface area contributed by atoms with Crippen molar-refractivity contribution in [2.75, 3.05) is 0 Å². The second-order valence-electron chi connectivity index (χ2n) is 5.35. The van der Waals surface area contributed by atoms with E-state index in [4.69, 9.17) is 0 Å². The van der Waals surface area contributed by atoms with Gasteiger partial charge >= 0.3 is 0 Å². The van der Waals surface area contributed by atoms with Crippen LogP contribution in [-0.2, 0) is 0 Å². The Morgan fingerprint density at radius 3 is 2.79 bits per heavy atom. The van der Waals surface area contributed by atoms with E-state index in [1.54, 1.807) is 0 Å². The minimum absolute atomic E-state index is 0.715. The van der Waals surface area contributed by atoms with Crippen LogP contribution in [0.25, 0.3) is 0 Å². The van der Waals surface area contributed by atoms with Gasteiger partial charge in [-0.1, -0.05) is 38.3 Å². The van der Waals surface area contributed by atoms with Crippen molar-refractivity contribution in [1.29, 1.82) is 0 Å².